The Bertz CT molecular complexity index is 587. The van der Waals surface area contributed by atoms with Gasteiger partial charge in [0, 0.05) is 11.5 Å². The van der Waals surface area contributed by atoms with Crippen LogP contribution in [0.15, 0.2) is 0 Å². The minimum Gasteiger partial charge on any atom is -0.393 e. The highest BCUT2D eigenvalue weighted by molar-refractivity contribution is 7.09. The number of halogens is 1. The van der Waals surface area contributed by atoms with Gasteiger partial charge in [-0.3, -0.25) is 0 Å². The van der Waals surface area contributed by atoms with E-state index < -0.39 is 23.8 Å². The molecular formula is C12H16ClN3O5S. The summed E-state index contributed by atoms with van der Waals surface area (Å²) in [7, 11) is 0. The number of nitrogens with zero attached hydrogens (tertiary/aromatic N) is 2. The van der Waals surface area contributed by atoms with Gasteiger partial charge in [0.05, 0.1) is 13.2 Å². The zero-order valence-corrected chi connectivity index (χ0v) is 13.6. The Hall–Kier alpha value is -0.550. The van der Waals surface area contributed by atoms with Crippen molar-refractivity contribution in [1.82, 2.24) is 9.36 Å². The van der Waals surface area contributed by atoms with E-state index in [9.17, 15) is 5.11 Å². The minimum absolute atomic E-state index is 0.182. The third-order valence-corrected chi connectivity index (χ3v) is 5.01. The van der Waals surface area contributed by atoms with Crippen LogP contribution in [-0.4, -0.2) is 63.6 Å². The summed E-state index contributed by atoms with van der Waals surface area (Å²) < 4.78 is 27.5. The third kappa shape index (κ3) is 2.23. The molecule has 4 rings (SSSR count). The Morgan fingerprint density at radius 1 is 1.41 bits per heavy atom. The van der Waals surface area contributed by atoms with Crippen molar-refractivity contribution in [1.29, 1.82) is 0 Å². The first kappa shape index (κ1) is 15.0. The van der Waals surface area contributed by atoms with Gasteiger partial charge in [0.15, 0.2) is 12.1 Å². The predicted octanol–water partition coefficient (Wildman–Crippen LogP) is 0.610. The largest absolute Gasteiger partial charge is 0.393 e. The highest BCUT2D eigenvalue weighted by Gasteiger charge is 2.65. The van der Waals surface area contributed by atoms with Crippen molar-refractivity contribution in [2.75, 3.05) is 18.5 Å². The van der Waals surface area contributed by atoms with Crippen LogP contribution in [0.25, 0.3) is 0 Å². The fraction of sp³-hybridized carbons (Fsp3) is 0.833. The van der Waals surface area contributed by atoms with Crippen molar-refractivity contribution in [3.8, 4) is 0 Å². The maximum atomic E-state index is 9.77. The molecule has 3 saturated heterocycles. The molecule has 3 aliphatic heterocycles. The Morgan fingerprint density at radius 3 is 2.91 bits per heavy atom. The fourth-order valence-electron chi connectivity index (χ4n) is 3.19. The van der Waals surface area contributed by atoms with Gasteiger partial charge in [0.1, 0.15) is 23.9 Å². The number of hydrogen-bond donors (Lipinski definition) is 2. The van der Waals surface area contributed by atoms with Crippen LogP contribution in [0, 0.1) is 0 Å². The van der Waals surface area contributed by atoms with E-state index in [2.05, 4.69) is 14.7 Å². The van der Waals surface area contributed by atoms with Gasteiger partial charge >= 0.3 is 0 Å². The van der Waals surface area contributed by atoms with E-state index in [0.29, 0.717) is 5.13 Å². The summed E-state index contributed by atoms with van der Waals surface area (Å²) in [6.45, 7) is 3.74. The van der Waals surface area contributed by atoms with Gasteiger partial charge in [-0.25, -0.2) is 0 Å². The molecule has 22 heavy (non-hydrogen) atoms. The summed E-state index contributed by atoms with van der Waals surface area (Å²) in [5, 5.41) is 13.7. The summed E-state index contributed by atoms with van der Waals surface area (Å²) in [4.78, 5) is 4.08. The summed E-state index contributed by atoms with van der Waals surface area (Å²) in [6.07, 6.45) is -1.34. The van der Waals surface area contributed by atoms with Crippen LogP contribution in [0.5, 0.6) is 0 Å². The maximum absolute atomic E-state index is 9.77. The number of aliphatic hydroxyl groups is 1. The predicted molar refractivity (Wildman–Crippen MR) is 76.8 cm³/mol. The number of nitrogens with one attached hydrogen (secondary N) is 1. The standard InChI is InChI=1S/C12H16ClN3O5S/c1-11(2)19-6-5(14-10-15-9(13)16-22-10)8-18-4-12(3-17,21-8)7(6)20-11/h5-8,17H,3-4H2,1-2H3,(H,14,15,16)/t5-,6-,7-,8-,12+/m1/s1. The van der Waals surface area contributed by atoms with Crippen molar-refractivity contribution in [2.24, 2.45) is 0 Å². The number of hydrogen-bond acceptors (Lipinski definition) is 9. The van der Waals surface area contributed by atoms with Crippen LogP contribution in [0.1, 0.15) is 13.8 Å². The van der Waals surface area contributed by atoms with Gasteiger partial charge in [0.25, 0.3) is 0 Å². The van der Waals surface area contributed by atoms with E-state index in [1.54, 1.807) is 0 Å². The molecule has 2 N–H and O–H groups in total. The second kappa shape index (κ2) is 4.97. The number of aromatic nitrogens is 2. The molecule has 1 aromatic heterocycles. The first-order valence-corrected chi connectivity index (χ1v) is 8.09. The number of rotatable bonds is 3. The smallest absolute Gasteiger partial charge is 0.236 e. The molecule has 122 valence electrons. The van der Waals surface area contributed by atoms with Gasteiger partial charge in [0.2, 0.25) is 10.4 Å². The Morgan fingerprint density at radius 2 is 2.23 bits per heavy atom. The molecular weight excluding hydrogens is 334 g/mol. The average molecular weight is 350 g/mol. The first-order valence-electron chi connectivity index (χ1n) is 6.94. The van der Waals surface area contributed by atoms with Crippen LogP contribution in [0.3, 0.4) is 0 Å². The Labute approximate surface area is 135 Å². The fourth-order valence-corrected chi connectivity index (χ4v) is 3.95. The quantitative estimate of drug-likeness (QED) is 0.819. The zero-order chi connectivity index (χ0) is 15.5. The number of fused-ring (bicyclic) bond motifs is 4. The Balaban J connectivity index is 1.64. The molecule has 0 aromatic carbocycles. The lowest BCUT2D eigenvalue weighted by Crippen LogP contribution is -2.63. The molecule has 3 aliphatic rings. The maximum Gasteiger partial charge on any atom is 0.236 e. The third-order valence-electron chi connectivity index (χ3n) is 4.10. The number of aliphatic hydroxyl groups excluding tert-OH is 1. The highest BCUT2D eigenvalue weighted by Crippen LogP contribution is 2.46. The Kier molecular flexibility index (Phi) is 3.39. The molecule has 0 unspecified atom stereocenters. The zero-order valence-electron chi connectivity index (χ0n) is 12.0. The topological polar surface area (TPSA) is 95.0 Å². The monoisotopic (exact) mass is 349 g/mol. The summed E-state index contributed by atoms with van der Waals surface area (Å²) in [5.41, 5.74) is -0.889. The van der Waals surface area contributed by atoms with Crippen molar-refractivity contribution in [3.05, 3.63) is 5.28 Å². The van der Waals surface area contributed by atoms with Gasteiger partial charge in [-0.1, -0.05) is 0 Å². The van der Waals surface area contributed by atoms with E-state index in [-0.39, 0.29) is 30.6 Å². The number of anilines is 1. The van der Waals surface area contributed by atoms with Gasteiger partial charge in [-0.2, -0.15) is 9.36 Å². The lowest BCUT2D eigenvalue weighted by Gasteiger charge is -2.41. The molecule has 0 amide bonds. The number of ether oxygens (including phenoxy) is 4. The van der Waals surface area contributed by atoms with Crippen molar-refractivity contribution < 1.29 is 24.1 Å². The molecule has 2 bridgehead atoms. The molecule has 1 aromatic rings. The summed E-state index contributed by atoms with van der Waals surface area (Å²) >= 11 is 6.90. The van der Waals surface area contributed by atoms with E-state index in [1.165, 1.54) is 0 Å². The SMILES string of the molecule is CC1(C)O[C@@H]2[C@@H](Nc3nc(Cl)ns3)[C@@H]3OC[C@](CO)(O3)[C@@H]2O1. The average Bonchev–Trinajstić information content (AvgIpc) is 3.12. The second-order valence-electron chi connectivity index (χ2n) is 6.08. The molecule has 0 spiro atoms. The second-order valence-corrected chi connectivity index (χ2v) is 7.17. The first-order chi connectivity index (χ1) is 10.4. The van der Waals surface area contributed by atoms with Crippen LogP contribution in [-0.2, 0) is 18.9 Å². The van der Waals surface area contributed by atoms with Crippen LogP contribution in [0.4, 0.5) is 5.13 Å². The van der Waals surface area contributed by atoms with Gasteiger partial charge in [-0.15, -0.1) is 0 Å². The van der Waals surface area contributed by atoms with Crippen molar-refractivity contribution in [3.63, 3.8) is 0 Å². The molecule has 0 radical (unpaired) electrons. The summed E-state index contributed by atoms with van der Waals surface area (Å²) in [6, 6.07) is -0.335. The van der Waals surface area contributed by atoms with Crippen LogP contribution < -0.4 is 5.32 Å². The van der Waals surface area contributed by atoms with E-state index in [4.69, 9.17) is 30.5 Å². The lowest BCUT2D eigenvalue weighted by atomic mass is 9.88. The molecule has 0 saturated carbocycles. The normalized spacial score (nSPS) is 42.4. The highest BCUT2D eigenvalue weighted by atomic mass is 35.5. The van der Waals surface area contributed by atoms with Gasteiger partial charge < -0.3 is 29.4 Å². The molecule has 5 atom stereocenters. The molecule has 0 aliphatic carbocycles. The lowest BCUT2D eigenvalue weighted by molar-refractivity contribution is -0.201. The van der Waals surface area contributed by atoms with Crippen molar-refractivity contribution >= 4 is 28.3 Å². The molecule has 3 fully saturated rings. The van der Waals surface area contributed by atoms with Crippen molar-refractivity contribution in [2.45, 2.75) is 49.8 Å². The molecule has 8 nitrogen and oxygen atoms in total. The minimum atomic E-state index is -0.889. The van der Waals surface area contributed by atoms with Gasteiger partial charge in [-0.05, 0) is 25.4 Å². The molecule has 10 heteroatoms. The van der Waals surface area contributed by atoms with Crippen LogP contribution in [0.2, 0.25) is 5.28 Å². The molecule has 4 heterocycles. The van der Waals surface area contributed by atoms with Crippen LogP contribution >= 0.6 is 23.1 Å². The van der Waals surface area contributed by atoms with E-state index in [1.807, 2.05) is 13.8 Å². The van der Waals surface area contributed by atoms with E-state index >= 15 is 0 Å². The van der Waals surface area contributed by atoms with E-state index in [0.717, 1.165) is 11.5 Å². The summed E-state index contributed by atoms with van der Waals surface area (Å²) in [5.74, 6) is -0.760.